The molecule has 0 aromatic heterocycles. The molecule has 4 fully saturated rings. The first-order chi connectivity index (χ1) is 19.4. The molecule has 0 aromatic rings. The Kier molecular flexibility index (Phi) is 7.36. The molecule has 11 atom stereocenters. The van der Waals surface area contributed by atoms with Crippen molar-refractivity contribution in [2.45, 2.75) is 96.8 Å². The van der Waals surface area contributed by atoms with Crippen molar-refractivity contribution in [3.8, 4) is 0 Å². The number of amides is 1. The van der Waals surface area contributed by atoms with Crippen LogP contribution in [0.2, 0.25) is 0 Å². The summed E-state index contributed by atoms with van der Waals surface area (Å²) in [5.74, 6) is -2.92. The quantitative estimate of drug-likeness (QED) is 0.246. The third-order valence-electron chi connectivity index (χ3n) is 10.5. The minimum absolute atomic E-state index is 0.00567. The molecule has 0 radical (unpaired) electrons. The molecule has 0 heterocycles. The van der Waals surface area contributed by atoms with Gasteiger partial charge in [0, 0.05) is 18.4 Å². The van der Waals surface area contributed by atoms with E-state index in [0.29, 0.717) is 12.8 Å². The van der Waals surface area contributed by atoms with Gasteiger partial charge in [0.05, 0.1) is 24.1 Å². The molecule has 0 bridgehead atoms. The Morgan fingerprint density at radius 1 is 1.13 bits per heavy atom. The Hall–Kier alpha value is -0.830. The average molecular weight is 600 g/mol. The van der Waals surface area contributed by atoms with Crippen molar-refractivity contribution in [2.75, 3.05) is 12.3 Å². The van der Waals surface area contributed by atoms with Crippen molar-refractivity contribution in [2.24, 2.45) is 46.3 Å². The monoisotopic (exact) mass is 599 g/mol. The Morgan fingerprint density at radius 2 is 1.82 bits per heavy atom. The van der Waals surface area contributed by atoms with E-state index in [4.69, 9.17) is 10.0 Å². The van der Waals surface area contributed by atoms with Crippen LogP contribution in [-0.2, 0) is 29.5 Å². The van der Waals surface area contributed by atoms with Crippen LogP contribution in [0, 0.1) is 46.3 Å². The molecule has 226 valence electrons. The lowest BCUT2D eigenvalue weighted by Crippen LogP contribution is -2.62. The fourth-order valence-electron chi connectivity index (χ4n) is 8.58. The van der Waals surface area contributed by atoms with E-state index >= 15 is 0 Å². The molecule has 0 aliphatic heterocycles. The number of aliphatic hydroxyl groups is 2. The summed E-state index contributed by atoms with van der Waals surface area (Å²) in [4.78, 5) is 12.3. The van der Waals surface area contributed by atoms with Crippen LogP contribution in [0.15, 0.2) is 0 Å². The largest absolute Gasteiger partial charge is 0.397 e. The number of aliphatic hydroxyl groups excluding tert-OH is 2. The van der Waals surface area contributed by atoms with E-state index in [9.17, 15) is 36.4 Å². The Balaban J connectivity index is 1.54. The highest BCUT2D eigenvalue weighted by Crippen LogP contribution is 2.68. The predicted octanol–water partition coefficient (Wildman–Crippen LogP) is 2.20. The molecule has 4 rings (SSSR count). The first-order valence-corrected chi connectivity index (χ1v) is 16.7. The minimum Gasteiger partial charge on any atom is -0.393 e. The minimum atomic E-state index is -5.17. The Morgan fingerprint density at radius 3 is 2.46 bits per heavy atom. The molecule has 0 aromatic carbocycles. The molecule has 4 saturated carbocycles. The van der Waals surface area contributed by atoms with Crippen LogP contribution in [0.25, 0.3) is 0 Å². The SMILES string of the molecule is [2H]C1([2H])C[C@@]2(C)[C@H](C[C@@H](O)[C@@H]3[C@@H]2C[C@H](O)[C@]2(C)[C@@H]([C@H](C)CCC(=O)NCCS(=O)(=O)O)CC[C@@H]32)C([2H])([2H])[C@@H]1OS(=O)(=O)O. The average Bonchev–Trinajstić information content (AvgIpc) is 3.19. The van der Waals surface area contributed by atoms with Gasteiger partial charge >= 0.3 is 10.4 Å². The van der Waals surface area contributed by atoms with Crippen LogP contribution >= 0.6 is 0 Å². The van der Waals surface area contributed by atoms with Crippen LogP contribution in [0.1, 0.15) is 83.9 Å². The second kappa shape index (κ2) is 11.1. The number of hydrogen-bond donors (Lipinski definition) is 5. The summed E-state index contributed by atoms with van der Waals surface area (Å²) >= 11 is 0. The molecule has 11 nitrogen and oxygen atoms in total. The van der Waals surface area contributed by atoms with Gasteiger partial charge in [-0.25, -0.2) is 4.18 Å². The van der Waals surface area contributed by atoms with E-state index in [1.165, 1.54) is 0 Å². The molecular weight excluding hydrogens is 550 g/mol. The molecule has 13 heteroatoms. The molecule has 4 aliphatic rings. The number of carbonyl (C=O) groups is 1. The highest BCUT2D eigenvalue weighted by Gasteiger charge is 2.65. The molecule has 5 N–H and O–H groups in total. The Labute approximate surface area is 237 Å². The maximum atomic E-state index is 12.3. The Bertz CT molecular complexity index is 1300. The van der Waals surface area contributed by atoms with E-state index in [1.54, 1.807) is 6.92 Å². The molecule has 39 heavy (non-hydrogen) atoms. The van der Waals surface area contributed by atoms with Gasteiger partial charge in [-0.15, -0.1) is 0 Å². The van der Waals surface area contributed by atoms with Gasteiger partial charge in [-0.3, -0.25) is 13.9 Å². The van der Waals surface area contributed by atoms with Crippen molar-refractivity contribution in [1.82, 2.24) is 5.32 Å². The number of nitrogens with one attached hydrogen (secondary N) is 1. The van der Waals surface area contributed by atoms with E-state index in [1.807, 2.05) is 13.8 Å². The van der Waals surface area contributed by atoms with E-state index in [2.05, 4.69) is 9.50 Å². The molecular formula is C26H45NO10S2. The summed E-state index contributed by atoms with van der Waals surface area (Å²) in [6.07, 6.45) is -7.13. The second-order valence-corrected chi connectivity index (χ2v) is 15.2. The summed E-state index contributed by atoms with van der Waals surface area (Å²) in [6, 6.07) is 0. The highest BCUT2D eigenvalue weighted by atomic mass is 32.3. The lowest BCUT2D eigenvalue weighted by molar-refractivity contribution is -0.206. The predicted molar refractivity (Wildman–Crippen MR) is 142 cm³/mol. The highest BCUT2D eigenvalue weighted by molar-refractivity contribution is 7.85. The van der Waals surface area contributed by atoms with Crippen LogP contribution in [0.3, 0.4) is 0 Å². The second-order valence-electron chi connectivity index (χ2n) is 12.6. The topological polar surface area (TPSA) is 188 Å². The zero-order valence-corrected chi connectivity index (χ0v) is 24.2. The lowest BCUT2D eigenvalue weighted by atomic mass is 9.43. The van der Waals surface area contributed by atoms with Crippen molar-refractivity contribution >= 4 is 26.4 Å². The van der Waals surface area contributed by atoms with Gasteiger partial charge in [0.25, 0.3) is 10.1 Å². The first-order valence-electron chi connectivity index (χ1n) is 15.7. The molecule has 0 saturated heterocycles. The first kappa shape index (κ1) is 25.8. The smallest absolute Gasteiger partial charge is 0.393 e. The van der Waals surface area contributed by atoms with Crippen LogP contribution < -0.4 is 5.32 Å². The summed E-state index contributed by atoms with van der Waals surface area (Å²) in [5.41, 5.74) is -1.68. The summed E-state index contributed by atoms with van der Waals surface area (Å²) in [7, 11) is -9.35. The van der Waals surface area contributed by atoms with Gasteiger partial charge in [0.15, 0.2) is 0 Å². The third kappa shape index (κ3) is 6.34. The standard InChI is InChI=1S/C26H45NO10S2/c1-15(4-7-23(30)27-10-11-38(31,32)33)18-5-6-19-24-20(14-22(29)26(18,19)3)25(2)9-8-17(37-39(34,35)36)12-16(25)13-21(24)28/h15-22,24,28-29H,4-14H2,1-3H3,(H,27,30)(H,31,32,33)(H,34,35,36)/t15-,16+,17-,18-,19+,20+,21-,22+,24+,25+,26-/m1/s1/i8D2,12D2. The van der Waals surface area contributed by atoms with Crippen molar-refractivity contribution in [3.63, 3.8) is 0 Å². The number of hydrogen-bond acceptors (Lipinski definition) is 8. The van der Waals surface area contributed by atoms with Crippen LogP contribution in [0.5, 0.6) is 0 Å². The summed E-state index contributed by atoms with van der Waals surface area (Å²) < 4.78 is 102. The zero-order valence-electron chi connectivity index (χ0n) is 26.6. The van der Waals surface area contributed by atoms with E-state index < -0.39 is 80.0 Å². The molecule has 0 spiro atoms. The fraction of sp³-hybridized carbons (Fsp3) is 0.962. The fourth-order valence-corrected chi connectivity index (χ4v) is 9.30. The van der Waals surface area contributed by atoms with Gasteiger partial charge in [-0.05, 0) is 97.6 Å². The molecule has 0 unspecified atom stereocenters. The van der Waals surface area contributed by atoms with Gasteiger partial charge in [0.2, 0.25) is 5.91 Å². The maximum absolute atomic E-state index is 12.3. The third-order valence-corrected chi connectivity index (χ3v) is 11.7. The number of fused-ring (bicyclic) bond motifs is 5. The van der Waals surface area contributed by atoms with Crippen LogP contribution in [0.4, 0.5) is 0 Å². The van der Waals surface area contributed by atoms with Crippen molar-refractivity contribution < 1.29 is 50.6 Å². The van der Waals surface area contributed by atoms with Gasteiger partial charge in [-0.1, -0.05) is 20.8 Å². The number of rotatable bonds is 9. The lowest BCUT2D eigenvalue weighted by Gasteiger charge is -2.63. The summed E-state index contributed by atoms with van der Waals surface area (Å²) in [5, 5.41) is 25.8. The molecule has 4 aliphatic carbocycles. The maximum Gasteiger partial charge on any atom is 0.397 e. The van der Waals surface area contributed by atoms with Gasteiger partial charge < -0.3 is 15.5 Å². The van der Waals surface area contributed by atoms with E-state index in [-0.39, 0.29) is 61.8 Å². The molecule has 1 amide bonds. The zero-order chi connectivity index (χ0) is 32.6. The van der Waals surface area contributed by atoms with Gasteiger partial charge in [0.1, 0.15) is 0 Å². The van der Waals surface area contributed by atoms with Gasteiger partial charge in [-0.2, -0.15) is 16.8 Å². The normalized spacial score (nSPS) is 47.3. The van der Waals surface area contributed by atoms with Crippen molar-refractivity contribution in [3.05, 3.63) is 0 Å². The van der Waals surface area contributed by atoms with E-state index in [0.717, 1.165) is 6.42 Å². The number of carbonyl (C=O) groups excluding carboxylic acids is 1. The van der Waals surface area contributed by atoms with Crippen LogP contribution in [-0.4, -0.2) is 72.7 Å². The van der Waals surface area contributed by atoms with Crippen molar-refractivity contribution in [1.29, 1.82) is 0 Å². The summed E-state index contributed by atoms with van der Waals surface area (Å²) in [6.45, 7) is 5.55.